The van der Waals surface area contributed by atoms with Crippen molar-refractivity contribution in [2.75, 3.05) is 13.2 Å². The van der Waals surface area contributed by atoms with E-state index in [9.17, 15) is 19.5 Å². The SMILES string of the molecule is CC(CNC(=O)OCC1c2ccccc2-c2ccccc21)C(=O)NCc1cnn(C)c1C(=O)O. The lowest BCUT2D eigenvalue weighted by Crippen LogP contribution is -2.37. The van der Waals surface area contributed by atoms with E-state index in [4.69, 9.17) is 4.74 Å². The normalized spacial score (nSPS) is 13.0. The number of aryl methyl sites for hydroxylation is 1. The van der Waals surface area contributed by atoms with Crippen LogP contribution in [0.15, 0.2) is 54.7 Å². The second kappa shape index (κ2) is 9.78. The summed E-state index contributed by atoms with van der Waals surface area (Å²) < 4.78 is 6.73. The number of rotatable bonds is 8. The molecule has 2 amide bonds. The number of nitrogens with one attached hydrogen (secondary N) is 2. The van der Waals surface area contributed by atoms with Crippen molar-refractivity contribution in [2.45, 2.75) is 19.4 Å². The molecule has 1 aliphatic carbocycles. The molecule has 176 valence electrons. The molecule has 9 heteroatoms. The lowest BCUT2D eigenvalue weighted by molar-refractivity contribution is -0.124. The third-order valence-corrected chi connectivity index (χ3v) is 6.01. The highest BCUT2D eigenvalue weighted by Crippen LogP contribution is 2.44. The van der Waals surface area contributed by atoms with Crippen LogP contribution in [0.4, 0.5) is 4.79 Å². The fourth-order valence-electron chi connectivity index (χ4n) is 4.22. The number of benzene rings is 2. The number of ether oxygens (including phenoxy) is 1. The number of carboxylic acid groups (broad SMARTS) is 1. The molecule has 9 nitrogen and oxygen atoms in total. The zero-order chi connectivity index (χ0) is 24.2. The molecular formula is C25H26N4O5. The molecule has 0 spiro atoms. The van der Waals surface area contributed by atoms with E-state index < -0.39 is 18.0 Å². The zero-order valence-electron chi connectivity index (χ0n) is 18.9. The van der Waals surface area contributed by atoms with Crippen LogP contribution < -0.4 is 10.6 Å². The van der Waals surface area contributed by atoms with Gasteiger partial charge in [-0.25, -0.2) is 9.59 Å². The summed E-state index contributed by atoms with van der Waals surface area (Å²) in [5, 5.41) is 18.5. The number of aromatic nitrogens is 2. The Bertz CT molecular complexity index is 1190. The van der Waals surface area contributed by atoms with Crippen molar-refractivity contribution in [3.63, 3.8) is 0 Å². The van der Waals surface area contributed by atoms with Gasteiger partial charge in [-0.05, 0) is 22.3 Å². The fraction of sp³-hybridized carbons (Fsp3) is 0.280. The Hall–Kier alpha value is -4.14. The summed E-state index contributed by atoms with van der Waals surface area (Å²) in [4.78, 5) is 36.0. The van der Waals surface area contributed by atoms with E-state index in [0.29, 0.717) is 5.56 Å². The van der Waals surface area contributed by atoms with Crippen LogP contribution in [-0.4, -0.2) is 46.0 Å². The lowest BCUT2D eigenvalue weighted by Gasteiger charge is -2.16. The van der Waals surface area contributed by atoms with Crippen molar-refractivity contribution in [3.05, 3.63) is 77.1 Å². The molecule has 0 radical (unpaired) electrons. The quantitative estimate of drug-likeness (QED) is 0.473. The Morgan fingerprint density at radius 1 is 1.06 bits per heavy atom. The van der Waals surface area contributed by atoms with Gasteiger partial charge >= 0.3 is 12.1 Å². The Labute approximate surface area is 196 Å². The van der Waals surface area contributed by atoms with E-state index in [-0.39, 0.29) is 37.2 Å². The molecular weight excluding hydrogens is 436 g/mol. The zero-order valence-corrected chi connectivity index (χ0v) is 18.9. The molecule has 3 N–H and O–H groups in total. The van der Waals surface area contributed by atoms with E-state index in [1.807, 2.05) is 36.4 Å². The van der Waals surface area contributed by atoms with Crippen LogP contribution in [-0.2, 0) is 23.1 Å². The molecule has 0 fully saturated rings. The Balaban J connectivity index is 1.27. The van der Waals surface area contributed by atoms with Crippen LogP contribution in [0.1, 0.15) is 40.0 Å². The number of hydrogen-bond acceptors (Lipinski definition) is 5. The minimum atomic E-state index is -1.12. The number of aromatic carboxylic acids is 1. The van der Waals surface area contributed by atoms with Gasteiger partial charge < -0.3 is 20.5 Å². The summed E-state index contributed by atoms with van der Waals surface area (Å²) >= 11 is 0. The standard InChI is InChI=1S/C25H26N4O5/c1-15(23(30)26-12-16-13-28-29(2)22(16)24(31)32)11-27-25(33)34-14-21-19-9-5-3-7-17(19)18-8-4-6-10-20(18)21/h3-10,13,15,21H,11-12,14H2,1-2H3,(H,26,30)(H,27,33)(H,31,32). The maximum absolute atomic E-state index is 12.4. The first-order valence-corrected chi connectivity index (χ1v) is 11.0. The van der Waals surface area contributed by atoms with Crippen molar-refractivity contribution in [1.82, 2.24) is 20.4 Å². The first-order chi connectivity index (χ1) is 16.4. The highest BCUT2D eigenvalue weighted by atomic mass is 16.5. The molecule has 0 bridgehead atoms. The van der Waals surface area contributed by atoms with Gasteiger partial charge in [-0.2, -0.15) is 5.10 Å². The number of carbonyl (C=O) groups is 3. The lowest BCUT2D eigenvalue weighted by atomic mass is 9.98. The van der Waals surface area contributed by atoms with Gasteiger partial charge in [0.1, 0.15) is 6.61 Å². The van der Waals surface area contributed by atoms with Crippen molar-refractivity contribution < 1.29 is 24.2 Å². The monoisotopic (exact) mass is 462 g/mol. The maximum atomic E-state index is 12.4. The maximum Gasteiger partial charge on any atom is 0.407 e. The molecule has 1 atom stereocenters. The number of alkyl carbamates (subject to hydrolysis) is 1. The summed E-state index contributed by atoms with van der Waals surface area (Å²) in [6.07, 6.45) is 0.811. The smallest absolute Gasteiger partial charge is 0.407 e. The summed E-state index contributed by atoms with van der Waals surface area (Å²) in [6.45, 7) is 1.98. The van der Waals surface area contributed by atoms with Gasteiger partial charge in [0.15, 0.2) is 5.69 Å². The molecule has 1 heterocycles. The third-order valence-electron chi connectivity index (χ3n) is 6.01. The van der Waals surface area contributed by atoms with Gasteiger partial charge in [0.25, 0.3) is 0 Å². The van der Waals surface area contributed by atoms with Crippen LogP contribution in [0.2, 0.25) is 0 Å². The van der Waals surface area contributed by atoms with Gasteiger partial charge in [-0.15, -0.1) is 0 Å². The first kappa shape index (κ1) is 23.0. The molecule has 0 saturated carbocycles. The number of carbonyl (C=O) groups excluding carboxylic acids is 2. The van der Waals surface area contributed by atoms with Crippen molar-refractivity contribution >= 4 is 18.0 Å². The summed E-state index contributed by atoms with van der Waals surface area (Å²) in [7, 11) is 1.52. The summed E-state index contributed by atoms with van der Waals surface area (Å²) in [5.41, 5.74) is 4.97. The molecule has 34 heavy (non-hydrogen) atoms. The second-order valence-corrected chi connectivity index (χ2v) is 8.27. The van der Waals surface area contributed by atoms with E-state index in [1.54, 1.807) is 6.92 Å². The van der Waals surface area contributed by atoms with Crippen LogP contribution in [0.25, 0.3) is 11.1 Å². The summed E-state index contributed by atoms with van der Waals surface area (Å²) in [6, 6.07) is 16.2. The number of carboxylic acids is 1. The Morgan fingerprint density at radius 3 is 2.29 bits per heavy atom. The van der Waals surface area contributed by atoms with Gasteiger partial charge in [-0.3, -0.25) is 9.48 Å². The number of fused-ring (bicyclic) bond motifs is 3. The number of nitrogens with zero attached hydrogens (tertiary/aromatic N) is 2. The predicted octanol–water partition coefficient (Wildman–Crippen LogP) is 2.91. The molecule has 1 aromatic heterocycles. The molecule has 3 aromatic rings. The molecule has 1 unspecified atom stereocenters. The number of hydrogen-bond donors (Lipinski definition) is 3. The highest BCUT2D eigenvalue weighted by Gasteiger charge is 2.29. The molecule has 4 rings (SSSR count). The van der Waals surface area contributed by atoms with Gasteiger partial charge in [-0.1, -0.05) is 55.5 Å². The van der Waals surface area contributed by atoms with E-state index >= 15 is 0 Å². The van der Waals surface area contributed by atoms with Gasteiger partial charge in [0.05, 0.1) is 12.1 Å². The van der Waals surface area contributed by atoms with Gasteiger partial charge in [0.2, 0.25) is 5.91 Å². The molecule has 0 saturated heterocycles. The Kier molecular flexibility index (Phi) is 6.62. The minimum absolute atomic E-state index is 0.0183. The van der Waals surface area contributed by atoms with Gasteiger partial charge in [0, 0.05) is 31.6 Å². The highest BCUT2D eigenvalue weighted by molar-refractivity contribution is 5.87. The van der Waals surface area contributed by atoms with E-state index in [0.717, 1.165) is 22.3 Å². The number of amides is 2. The van der Waals surface area contributed by atoms with Crippen LogP contribution >= 0.6 is 0 Å². The predicted molar refractivity (Wildman–Crippen MR) is 124 cm³/mol. The second-order valence-electron chi connectivity index (χ2n) is 8.27. The fourth-order valence-corrected chi connectivity index (χ4v) is 4.22. The van der Waals surface area contributed by atoms with Crippen LogP contribution in [0.3, 0.4) is 0 Å². The molecule has 0 aliphatic heterocycles. The van der Waals surface area contributed by atoms with Crippen molar-refractivity contribution in [3.8, 4) is 11.1 Å². The van der Waals surface area contributed by atoms with Crippen LogP contribution in [0, 0.1) is 5.92 Å². The largest absolute Gasteiger partial charge is 0.477 e. The third kappa shape index (κ3) is 4.63. The summed E-state index contributed by atoms with van der Waals surface area (Å²) in [5.74, 6) is -2.01. The minimum Gasteiger partial charge on any atom is -0.477 e. The van der Waals surface area contributed by atoms with Crippen molar-refractivity contribution in [2.24, 2.45) is 13.0 Å². The van der Waals surface area contributed by atoms with E-state index in [2.05, 4.69) is 27.9 Å². The Morgan fingerprint density at radius 2 is 1.68 bits per heavy atom. The molecule has 1 aliphatic rings. The molecule has 2 aromatic carbocycles. The average Bonchev–Trinajstić information content (AvgIpc) is 3.37. The van der Waals surface area contributed by atoms with Crippen molar-refractivity contribution in [1.29, 1.82) is 0 Å². The van der Waals surface area contributed by atoms with Crippen LogP contribution in [0.5, 0.6) is 0 Å². The first-order valence-electron chi connectivity index (χ1n) is 11.0. The van der Waals surface area contributed by atoms with E-state index in [1.165, 1.54) is 17.9 Å². The topological polar surface area (TPSA) is 123 Å². The average molecular weight is 463 g/mol.